The van der Waals surface area contributed by atoms with E-state index in [2.05, 4.69) is 16.4 Å². The van der Waals surface area contributed by atoms with Gasteiger partial charge in [-0.05, 0) is 49.2 Å². The third-order valence-corrected chi connectivity index (χ3v) is 5.39. The van der Waals surface area contributed by atoms with Gasteiger partial charge in [-0.1, -0.05) is 59.8 Å². The van der Waals surface area contributed by atoms with Crippen molar-refractivity contribution >= 4 is 34.5 Å². The first-order valence-corrected chi connectivity index (χ1v) is 10.0. The van der Waals surface area contributed by atoms with Gasteiger partial charge in [-0.2, -0.15) is 0 Å². The summed E-state index contributed by atoms with van der Waals surface area (Å²) in [5.74, 6) is 0.490. The fourth-order valence-electron chi connectivity index (χ4n) is 3.06. The second-order valence-electron chi connectivity index (χ2n) is 6.67. The van der Waals surface area contributed by atoms with Crippen LogP contribution in [0, 0.1) is 13.8 Å². The summed E-state index contributed by atoms with van der Waals surface area (Å²) in [7, 11) is 0. The van der Waals surface area contributed by atoms with Gasteiger partial charge < -0.3 is 9.73 Å². The number of carbonyl (C=O) groups excluding carboxylic acids is 1. The number of aryl methyl sites for hydroxylation is 2. The monoisotopic (exact) mass is 388 g/mol. The first-order chi connectivity index (χ1) is 13.6. The van der Waals surface area contributed by atoms with Crippen LogP contribution >= 0.6 is 11.8 Å². The Balaban J connectivity index is 1.52. The van der Waals surface area contributed by atoms with E-state index in [4.69, 9.17) is 4.42 Å². The molecule has 4 aromatic rings. The van der Waals surface area contributed by atoms with Crippen LogP contribution in [0.3, 0.4) is 0 Å². The highest BCUT2D eigenvalue weighted by Crippen LogP contribution is 2.27. The molecule has 0 bridgehead atoms. The topological polar surface area (TPSA) is 55.1 Å². The molecule has 4 rings (SSSR count). The van der Waals surface area contributed by atoms with Gasteiger partial charge in [-0.15, -0.1) is 0 Å². The van der Waals surface area contributed by atoms with Gasteiger partial charge in [-0.25, -0.2) is 4.98 Å². The highest BCUT2D eigenvalue weighted by molar-refractivity contribution is 7.98. The third kappa shape index (κ3) is 3.94. The Labute approximate surface area is 168 Å². The molecule has 3 aromatic carbocycles. The summed E-state index contributed by atoms with van der Waals surface area (Å²) < 4.78 is 5.76. The lowest BCUT2D eigenvalue weighted by molar-refractivity contribution is 0.102. The number of nitrogens with zero attached hydrogens (tertiary/aromatic N) is 1. The van der Waals surface area contributed by atoms with Crippen molar-refractivity contribution in [2.45, 2.75) is 24.8 Å². The number of hydrogen-bond acceptors (Lipinski definition) is 4. The van der Waals surface area contributed by atoms with E-state index in [9.17, 15) is 4.79 Å². The second-order valence-corrected chi connectivity index (χ2v) is 7.59. The molecule has 0 aliphatic carbocycles. The zero-order valence-corrected chi connectivity index (χ0v) is 16.5. The molecule has 1 amide bonds. The van der Waals surface area contributed by atoms with Crippen LogP contribution in [-0.2, 0) is 5.75 Å². The molecule has 28 heavy (non-hydrogen) atoms. The van der Waals surface area contributed by atoms with E-state index in [1.165, 1.54) is 17.3 Å². The van der Waals surface area contributed by atoms with Crippen molar-refractivity contribution in [1.82, 2.24) is 4.98 Å². The van der Waals surface area contributed by atoms with Crippen LogP contribution in [-0.4, -0.2) is 10.9 Å². The summed E-state index contributed by atoms with van der Waals surface area (Å²) in [6.07, 6.45) is 0. The molecule has 0 unspecified atom stereocenters. The SMILES string of the molecule is Cc1ccc(NC(=O)c2ccccc2CSc2nc3ccccc3o2)c(C)c1. The lowest BCUT2D eigenvalue weighted by atomic mass is 10.1. The average molecular weight is 388 g/mol. The Bertz CT molecular complexity index is 1120. The Morgan fingerprint density at radius 1 is 1.04 bits per heavy atom. The van der Waals surface area contributed by atoms with Gasteiger partial charge in [0.2, 0.25) is 0 Å². The van der Waals surface area contributed by atoms with Crippen molar-refractivity contribution in [2.24, 2.45) is 0 Å². The number of thioether (sulfide) groups is 1. The zero-order chi connectivity index (χ0) is 19.5. The lowest BCUT2D eigenvalue weighted by Gasteiger charge is -2.12. The van der Waals surface area contributed by atoms with Crippen LogP contribution in [0.4, 0.5) is 5.69 Å². The second kappa shape index (κ2) is 7.90. The Morgan fingerprint density at radius 2 is 1.82 bits per heavy atom. The minimum absolute atomic E-state index is 0.110. The van der Waals surface area contributed by atoms with Crippen molar-refractivity contribution in [1.29, 1.82) is 0 Å². The van der Waals surface area contributed by atoms with Gasteiger partial charge >= 0.3 is 0 Å². The van der Waals surface area contributed by atoms with Gasteiger partial charge in [-0.3, -0.25) is 4.79 Å². The number of aromatic nitrogens is 1. The van der Waals surface area contributed by atoms with E-state index in [-0.39, 0.29) is 5.91 Å². The average Bonchev–Trinajstić information content (AvgIpc) is 3.12. The molecule has 0 saturated heterocycles. The number of rotatable bonds is 5. The van der Waals surface area contributed by atoms with Crippen LogP contribution in [0.1, 0.15) is 27.0 Å². The fourth-order valence-corrected chi connectivity index (χ4v) is 3.91. The molecule has 0 fully saturated rings. The van der Waals surface area contributed by atoms with Gasteiger partial charge in [0, 0.05) is 17.0 Å². The number of anilines is 1. The Kier molecular flexibility index (Phi) is 5.17. The van der Waals surface area contributed by atoms with Crippen molar-refractivity contribution < 1.29 is 9.21 Å². The maximum absolute atomic E-state index is 12.9. The van der Waals surface area contributed by atoms with E-state index in [1.807, 2.05) is 74.5 Å². The summed E-state index contributed by atoms with van der Waals surface area (Å²) in [5, 5.41) is 3.63. The van der Waals surface area contributed by atoms with Crippen molar-refractivity contribution in [3.8, 4) is 0 Å². The first kappa shape index (κ1) is 18.3. The highest BCUT2D eigenvalue weighted by Gasteiger charge is 2.14. The van der Waals surface area contributed by atoms with Crippen molar-refractivity contribution in [2.75, 3.05) is 5.32 Å². The van der Waals surface area contributed by atoms with E-state index in [1.54, 1.807) is 0 Å². The van der Waals surface area contributed by atoms with Gasteiger partial charge in [0.25, 0.3) is 11.1 Å². The van der Waals surface area contributed by atoms with Crippen molar-refractivity contribution in [3.63, 3.8) is 0 Å². The molecule has 5 heteroatoms. The number of benzene rings is 3. The van der Waals surface area contributed by atoms with Crippen LogP contribution in [0.2, 0.25) is 0 Å². The normalized spacial score (nSPS) is 10.9. The van der Waals surface area contributed by atoms with Gasteiger partial charge in [0.15, 0.2) is 5.58 Å². The molecule has 0 saturated carbocycles. The maximum atomic E-state index is 12.9. The van der Waals surface area contributed by atoms with E-state index >= 15 is 0 Å². The summed E-state index contributed by atoms with van der Waals surface area (Å²) in [6, 6.07) is 21.3. The van der Waals surface area contributed by atoms with Gasteiger partial charge in [0.1, 0.15) is 5.52 Å². The molecule has 140 valence electrons. The lowest BCUT2D eigenvalue weighted by Crippen LogP contribution is -2.14. The van der Waals surface area contributed by atoms with E-state index in [0.717, 1.165) is 27.9 Å². The molecule has 0 radical (unpaired) electrons. The Morgan fingerprint density at radius 3 is 2.64 bits per heavy atom. The number of carbonyl (C=O) groups is 1. The number of oxazole rings is 1. The molecule has 4 nitrogen and oxygen atoms in total. The number of para-hydroxylation sites is 2. The quantitative estimate of drug-likeness (QED) is 0.427. The summed E-state index contributed by atoms with van der Waals surface area (Å²) in [5.41, 5.74) is 6.26. The third-order valence-electron chi connectivity index (χ3n) is 4.52. The molecule has 0 atom stereocenters. The maximum Gasteiger partial charge on any atom is 0.257 e. The zero-order valence-electron chi connectivity index (χ0n) is 15.7. The summed E-state index contributed by atoms with van der Waals surface area (Å²) in [4.78, 5) is 17.4. The van der Waals surface area contributed by atoms with Crippen LogP contribution in [0.25, 0.3) is 11.1 Å². The summed E-state index contributed by atoms with van der Waals surface area (Å²) >= 11 is 1.48. The van der Waals surface area contributed by atoms with Crippen LogP contribution in [0.5, 0.6) is 0 Å². The number of fused-ring (bicyclic) bond motifs is 1. The number of hydrogen-bond donors (Lipinski definition) is 1. The van der Waals surface area contributed by atoms with E-state index < -0.39 is 0 Å². The molecule has 1 N–H and O–H groups in total. The number of nitrogens with one attached hydrogen (secondary N) is 1. The molecular weight excluding hydrogens is 368 g/mol. The number of amides is 1. The minimum atomic E-state index is -0.110. The first-order valence-electron chi connectivity index (χ1n) is 9.05. The minimum Gasteiger partial charge on any atom is -0.431 e. The Hall–Kier alpha value is -3.05. The van der Waals surface area contributed by atoms with Gasteiger partial charge in [0.05, 0.1) is 0 Å². The molecule has 0 spiro atoms. The predicted octanol–water partition coefficient (Wildman–Crippen LogP) is 5.99. The largest absolute Gasteiger partial charge is 0.431 e. The highest BCUT2D eigenvalue weighted by atomic mass is 32.2. The standard InChI is InChI=1S/C23H20N2O2S/c1-15-11-12-19(16(2)13-15)24-22(26)18-8-4-3-7-17(18)14-28-23-25-20-9-5-6-10-21(20)27-23/h3-13H,14H2,1-2H3,(H,24,26). The van der Waals surface area contributed by atoms with E-state index in [0.29, 0.717) is 16.5 Å². The van der Waals surface area contributed by atoms with Crippen molar-refractivity contribution in [3.05, 3.63) is 89.0 Å². The molecule has 0 aliphatic heterocycles. The molecule has 0 aliphatic rings. The van der Waals surface area contributed by atoms with Crippen LogP contribution < -0.4 is 5.32 Å². The smallest absolute Gasteiger partial charge is 0.257 e. The summed E-state index contributed by atoms with van der Waals surface area (Å²) in [6.45, 7) is 4.04. The molecule has 1 aromatic heterocycles. The molecular formula is C23H20N2O2S. The van der Waals surface area contributed by atoms with Crippen LogP contribution in [0.15, 0.2) is 76.4 Å². The fraction of sp³-hybridized carbons (Fsp3) is 0.130. The predicted molar refractivity (Wildman–Crippen MR) is 114 cm³/mol. The molecule has 1 heterocycles.